The van der Waals surface area contributed by atoms with Gasteiger partial charge in [-0.3, -0.25) is 0 Å². The second-order valence-corrected chi connectivity index (χ2v) is 12.8. The van der Waals surface area contributed by atoms with Crippen molar-refractivity contribution in [1.82, 2.24) is 0 Å². The quantitative estimate of drug-likeness (QED) is 0.528. The minimum atomic E-state index is -0.245. The Morgan fingerprint density at radius 3 is 1.67 bits per heavy atom. The molecular weight excluding hydrogens is 250 g/mol. The van der Waals surface area contributed by atoms with Crippen molar-refractivity contribution in [3.05, 3.63) is 0 Å². The van der Waals surface area contributed by atoms with Gasteiger partial charge < -0.3 is 0 Å². The molecule has 0 rings (SSSR count). The summed E-state index contributed by atoms with van der Waals surface area (Å²) in [7, 11) is 0. The Bertz CT molecular complexity index is 26.7. The third kappa shape index (κ3) is 3.48. The fourth-order valence-electron chi connectivity index (χ4n) is 0.224. The Hall–Kier alpha value is 1.29. The van der Waals surface area contributed by atoms with Crippen LogP contribution >= 0.6 is 20.1 Å². The van der Waals surface area contributed by atoms with Crippen molar-refractivity contribution < 1.29 is 0 Å². The van der Waals surface area contributed by atoms with Crippen LogP contribution in [0.4, 0.5) is 0 Å². The van der Waals surface area contributed by atoms with Crippen LogP contribution in [0.15, 0.2) is 0 Å². The van der Waals surface area contributed by atoms with Crippen molar-refractivity contribution in [2.45, 2.75) is 24.3 Å². The predicted molar refractivity (Wildman–Crippen MR) is 40.7 cm³/mol. The van der Waals surface area contributed by atoms with E-state index in [1.165, 1.54) is 10.4 Å². The van der Waals surface area contributed by atoms with Crippen LogP contribution in [-0.4, -0.2) is 11.3 Å². The molecule has 0 N–H and O–H groups in total. The van der Waals surface area contributed by atoms with E-state index in [2.05, 4.69) is 34.0 Å². The van der Waals surface area contributed by atoms with E-state index in [4.69, 9.17) is 0 Å². The van der Waals surface area contributed by atoms with Crippen molar-refractivity contribution in [3.63, 3.8) is 0 Å². The van der Waals surface area contributed by atoms with Gasteiger partial charge in [0.15, 0.2) is 0 Å². The molecule has 0 unspecified atom stereocenters. The van der Waals surface area contributed by atoms with Crippen LogP contribution in [0.1, 0.15) is 13.8 Å². The molecule has 0 aliphatic carbocycles. The monoisotopic (exact) mass is 260 g/mol. The third-order valence-corrected chi connectivity index (χ3v) is 10.7. The van der Waals surface area contributed by atoms with Crippen LogP contribution in [0.2, 0.25) is 10.4 Å². The first-order chi connectivity index (χ1) is 2.81. The van der Waals surface area contributed by atoms with E-state index < -0.39 is 0 Å². The van der Waals surface area contributed by atoms with Crippen LogP contribution in [0.5, 0.6) is 0 Å². The van der Waals surface area contributed by atoms with Crippen molar-refractivity contribution in [3.8, 4) is 0 Å². The van der Waals surface area contributed by atoms with Gasteiger partial charge in [0, 0.05) is 0 Å². The average molecular weight is 260 g/mol. The topological polar surface area (TPSA) is 0 Å². The summed E-state index contributed by atoms with van der Waals surface area (Å²) in [5.74, 6) is 0. The molecule has 0 aromatic rings. The molecule has 0 heterocycles. The number of hydrogen-bond donors (Lipinski definition) is 0. The Balaban J connectivity index is 2.75. The van der Waals surface area contributed by atoms with E-state index in [9.17, 15) is 0 Å². The Kier molecular flexibility index (Phi) is 5.40. The molecular formula is C4H10AsI. The Morgan fingerprint density at radius 1 is 1.33 bits per heavy atom. The normalized spacial score (nSPS) is 10.0. The summed E-state index contributed by atoms with van der Waals surface area (Å²) >= 11 is 2.37. The molecule has 0 aliphatic heterocycles. The fraction of sp³-hybridized carbons (Fsp3) is 1.00. The summed E-state index contributed by atoms with van der Waals surface area (Å²) in [5, 5.41) is 2.92. The molecule has 0 aromatic carbocycles. The Labute approximate surface area is 55.5 Å². The van der Waals surface area contributed by atoms with Crippen LogP contribution in [0.3, 0.4) is 0 Å². The second kappa shape index (κ2) is 4.45. The number of hydrogen-bond acceptors (Lipinski definition) is 0. The summed E-state index contributed by atoms with van der Waals surface area (Å²) in [4.78, 5) is 0. The average Bonchev–Trinajstić information content (AvgIpc) is 1.65. The maximum atomic E-state index is 2.62. The summed E-state index contributed by atoms with van der Waals surface area (Å²) in [6, 6.07) is 0. The van der Waals surface area contributed by atoms with Gasteiger partial charge in [-0.05, 0) is 0 Å². The third-order valence-electron chi connectivity index (χ3n) is 0.686. The molecule has 0 saturated carbocycles. The van der Waals surface area contributed by atoms with Crippen LogP contribution < -0.4 is 0 Å². The van der Waals surface area contributed by atoms with Crippen molar-refractivity contribution in [2.24, 2.45) is 0 Å². The van der Waals surface area contributed by atoms with Gasteiger partial charge in [-0.1, -0.05) is 0 Å². The van der Waals surface area contributed by atoms with Gasteiger partial charge in [0.25, 0.3) is 0 Å². The molecule has 0 amide bonds. The molecule has 2 heteroatoms. The zero-order valence-electron chi connectivity index (χ0n) is 4.24. The zero-order valence-corrected chi connectivity index (χ0v) is 8.27. The maximum absolute atomic E-state index is 2.62. The van der Waals surface area contributed by atoms with E-state index in [0.29, 0.717) is 0 Å². The Morgan fingerprint density at radius 2 is 1.67 bits per heavy atom. The molecule has 6 heavy (non-hydrogen) atoms. The molecule has 0 fully saturated rings. The fourth-order valence-corrected chi connectivity index (χ4v) is 1.16. The van der Waals surface area contributed by atoms with Crippen LogP contribution in [0.25, 0.3) is 0 Å². The molecule has 38 valence electrons. The van der Waals surface area contributed by atoms with E-state index in [0.717, 1.165) is 0 Å². The summed E-state index contributed by atoms with van der Waals surface area (Å²) in [6.07, 6.45) is 0. The van der Waals surface area contributed by atoms with Gasteiger partial charge in [0.1, 0.15) is 0 Å². The van der Waals surface area contributed by atoms with Gasteiger partial charge in [0.2, 0.25) is 0 Å². The van der Waals surface area contributed by atoms with Crippen molar-refractivity contribution in [1.29, 1.82) is 0 Å². The minimum absolute atomic E-state index is 0.245. The van der Waals surface area contributed by atoms with Gasteiger partial charge in [0.05, 0.1) is 0 Å². The van der Waals surface area contributed by atoms with Crippen molar-refractivity contribution >= 4 is 31.4 Å². The van der Waals surface area contributed by atoms with Gasteiger partial charge in [-0.2, -0.15) is 0 Å². The summed E-state index contributed by atoms with van der Waals surface area (Å²) in [5.41, 5.74) is 0. The first-order valence-electron chi connectivity index (χ1n) is 2.22. The molecule has 0 aromatic heterocycles. The first-order valence-corrected chi connectivity index (χ1v) is 10.6. The molecule has 0 nitrogen and oxygen atoms in total. The standard InChI is InChI=1S/C4H10AsI/c1-3-5(6)4-2/h3-4H2,1-2H3. The molecule has 0 saturated heterocycles. The molecule has 0 aliphatic rings. The van der Waals surface area contributed by atoms with Crippen LogP contribution in [-0.2, 0) is 0 Å². The summed E-state index contributed by atoms with van der Waals surface area (Å²) < 4.78 is 0. The predicted octanol–water partition coefficient (Wildman–Crippen LogP) is 2.45. The molecule has 0 bridgehead atoms. The van der Waals surface area contributed by atoms with Crippen LogP contribution in [0, 0.1) is 0 Å². The van der Waals surface area contributed by atoms with E-state index in [-0.39, 0.29) is 11.3 Å². The van der Waals surface area contributed by atoms with Gasteiger partial charge in [-0.15, -0.1) is 0 Å². The summed E-state index contributed by atoms with van der Waals surface area (Å²) in [6.45, 7) is 4.58. The molecule has 0 spiro atoms. The zero-order chi connectivity index (χ0) is 4.99. The van der Waals surface area contributed by atoms with Gasteiger partial charge >= 0.3 is 55.7 Å². The van der Waals surface area contributed by atoms with Crippen molar-refractivity contribution in [2.75, 3.05) is 0 Å². The molecule has 0 atom stereocenters. The number of halogens is 1. The number of rotatable bonds is 2. The molecule has 0 radical (unpaired) electrons. The van der Waals surface area contributed by atoms with E-state index >= 15 is 0 Å². The second-order valence-electron chi connectivity index (χ2n) is 1.10. The van der Waals surface area contributed by atoms with E-state index in [1.807, 2.05) is 0 Å². The van der Waals surface area contributed by atoms with E-state index in [1.54, 1.807) is 0 Å². The SMILES string of the molecule is CC[As](I)CC. The van der Waals surface area contributed by atoms with Gasteiger partial charge in [-0.25, -0.2) is 0 Å². The first kappa shape index (κ1) is 7.29.